The van der Waals surface area contributed by atoms with E-state index in [1.54, 1.807) is 7.11 Å². The first-order chi connectivity index (χ1) is 17.7. The van der Waals surface area contributed by atoms with E-state index in [1.165, 1.54) is 37.8 Å². The van der Waals surface area contributed by atoms with Crippen LogP contribution in [-0.2, 0) is 4.79 Å². The fourth-order valence-electron chi connectivity index (χ4n) is 5.50. The first kappa shape index (κ1) is 24.3. The summed E-state index contributed by atoms with van der Waals surface area (Å²) >= 11 is 5.82. The van der Waals surface area contributed by atoms with Gasteiger partial charge in [-0.2, -0.15) is 0 Å². The van der Waals surface area contributed by atoms with Gasteiger partial charge in [0.15, 0.2) is 5.11 Å². The van der Waals surface area contributed by atoms with E-state index in [1.807, 2.05) is 48.7 Å². The Morgan fingerprint density at radius 1 is 1.11 bits per heavy atom. The summed E-state index contributed by atoms with van der Waals surface area (Å²) in [5, 5.41) is 7.14. The monoisotopic (exact) mass is 503 g/mol. The average molecular weight is 504 g/mol. The zero-order valence-electron chi connectivity index (χ0n) is 20.6. The fourth-order valence-corrected chi connectivity index (χ4v) is 5.83. The van der Waals surface area contributed by atoms with Gasteiger partial charge in [0.05, 0.1) is 30.6 Å². The zero-order chi connectivity index (χ0) is 24.9. The van der Waals surface area contributed by atoms with Crippen molar-refractivity contribution < 1.29 is 9.53 Å². The van der Waals surface area contributed by atoms with Crippen LogP contribution in [0.3, 0.4) is 0 Å². The summed E-state index contributed by atoms with van der Waals surface area (Å²) in [5.74, 6) is 0.563. The molecule has 1 saturated heterocycles. The number of nitrogens with one attached hydrogen (secondary N) is 2. The molecule has 36 heavy (non-hydrogen) atoms. The van der Waals surface area contributed by atoms with Gasteiger partial charge in [0.2, 0.25) is 5.91 Å². The molecule has 0 unspecified atom stereocenters. The number of rotatable bonds is 8. The summed E-state index contributed by atoms with van der Waals surface area (Å²) in [6, 6.07) is 18.1. The van der Waals surface area contributed by atoms with Gasteiger partial charge in [0.1, 0.15) is 5.75 Å². The highest BCUT2D eigenvalue weighted by Gasteiger charge is 2.41. The van der Waals surface area contributed by atoms with Crippen molar-refractivity contribution in [1.82, 2.24) is 19.8 Å². The highest BCUT2D eigenvalue weighted by Crippen LogP contribution is 2.41. The van der Waals surface area contributed by atoms with E-state index in [2.05, 4.69) is 43.4 Å². The predicted octanol–water partition coefficient (Wildman–Crippen LogP) is 5.40. The molecule has 1 aliphatic heterocycles. The van der Waals surface area contributed by atoms with E-state index in [0.717, 1.165) is 5.69 Å². The number of carbonyl (C=O) groups is 1. The first-order valence-corrected chi connectivity index (χ1v) is 13.1. The van der Waals surface area contributed by atoms with Crippen molar-refractivity contribution in [3.05, 3.63) is 78.4 Å². The summed E-state index contributed by atoms with van der Waals surface area (Å²) in [4.78, 5) is 19.7. The van der Waals surface area contributed by atoms with Gasteiger partial charge in [-0.15, -0.1) is 0 Å². The minimum atomic E-state index is -0.0896. The molecule has 1 aliphatic carbocycles. The molecule has 2 aliphatic rings. The molecular formula is C28H33N5O2S. The highest BCUT2D eigenvalue weighted by atomic mass is 32.1. The Bertz CT molecular complexity index is 1190. The first-order valence-electron chi connectivity index (χ1n) is 12.7. The van der Waals surface area contributed by atoms with Crippen LogP contribution in [0.1, 0.15) is 68.0 Å². The van der Waals surface area contributed by atoms with Gasteiger partial charge in [0, 0.05) is 37.1 Å². The van der Waals surface area contributed by atoms with Crippen molar-refractivity contribution in [3.8, 4) is 5.75 Å². The van der Waals surface area contributed by atoms with Gasteiger partial charge in [0.25, 0.3) is 0 Å². The van der Waals surface area contributed by atoms with E-state index >= 15 is 0 Å². The Labute approximate surface area is 217 Å². The number of para-hydroxylation sites is 2. The molecule has 3 heterocycles. The lowest BCUT2D eigenvalue weighted by molar-refractivity contribution is -0.116. The third kappa shape index (κ3) is 5.09. The summed E-state index contributed by atoms with van der Waals surface area (Å²) in [7, 11) is 1.60. The van der Waals surface area contributed by atoms with Gasteiger partial charge in [-0.05, 0) is 61.5 Å². The highest BCUT2D eigenvalue weighted by molar-refractivity contribution is 7.80. The smallest absolute Gasteiger partial charge is 0.226 e. The quantitative estimate of drug-likeness (QED) is 0.401. The molecule has 0 bridgehead atoms. The molecule has 3 aromatic rings. The maximum Gasteiger partial charge on any atom is 0.226 e. The number of methoxy groups -OCH3 is 1. The number of carbonyl (C=O) groups excluding carboxylic acids is 1. The summed E-state index contributed by atoms with van der Waals surface area (Å²) in [6.07, 6.45) is 10.6. The van der Waals surface area contributed by atoms with Crippen molar-refractivity contribution in [3.63, 3.8) is 0 Å². The van der Waals surface area contributed by atoms with Crippen molar-refractivity contribution >= 4 is 28.9 Å². The number of hydrogen-bond acceptors (Lipinski definition) is 4. The fraction of sp³-hybridized carbons (Fsp3) is 0.393. The van der Waals surface area contributed by atoms with Crippen LogP contribution in [0, 0.1) is 0 Å². The van der Waals surface area contributed by atoms with Crippen LogP contribution in [0.4, 0.5) is 5.69 Å². The van der Waals surface area contributed by atoms with Crippen LogP contribution < -0.4 is 15.4 Å². The number of pyridine rings is 1. The molecule has 2 aromatic heterocycles. The lowest BCUT2D eigenvalue weighted by atomic mass is 9.94. The Kier molecular flexibility index (Phi) is 7.51. The summed E-state index contributed by atoms with van der Waals surface area (Å²) in [6.45, 7) is 0.497. The molecule has 0 spiro atoms. The molecule has 1 aromatic carbocycles. The molecule has 1 saturated carbocycles. The Morgan fingerprint density at radius 2 is 1.92 bits per heavy atom. The number of benzene rings is 1. The summed E-state index contributed by atoms with van der Waals surface area (Å²) in [5.41, 5.74) is 2.83. The third-order valence-electron chi connectivity index (χ3n) is 7.24. The number of anilines is 1. The standard InChI is InChI=1S/C28H33N5O2S/c1-35-24-15-6-5-12-21(24)30-25(34)16-19-33-27(26(31-28(33)36)22-13-7-8-17-29-22)23-14-9-18-32(23)20-10-3-2-4-11-20/h5-9,12-15,17-18,20,26-27H,2-4,10-11,16,19H2,1H3,(H,30,34)(H,31,36)/t26-,27+/m0/s1. The molecule has 2 fully saturated rings. The van der Waals surface area contributed by atoms with Crippen LogP contribution in [0.15, 0.2) is 67.0 Å². The molecule has 1 amide bonds. The second-order valence-corrected chi connectivity index (χ2v) is 9.84. The molecule has 0 radical (unpaired) electrons. The van der Waals surface area contributed by atoms with Gasteiger partial charge in [-0.3, -0.25) is 9.78 Å². The second-order valence-electron chi connectivity index (χ2n) is 9.45. The lowest BCUT2D eigenvalue weighted by Crippen LogP contribution is -2.34. The average Bonchev–Trinajstić information content (AvgIpc) is 3.53. The van der Waals surface area contributed by atoms with E-state index < -0.39 is 0 Å². The molecule has 188 valence electrons. The zero-order valence-corrected chi connectivity index (χ0v) is 21.4. The molecular weight excluding hydrogens is 470 g/mol. The Hall–Kier alpha value is -3.39. The van der Waals surface area contributed by atoms with Crippen LogP contribution >= 0.6 is 12.2 Å². The van der Waals surface area contributed by atoms with E-state index in [9.17, 15) is 4.79 Å². The predicted molar refractivity (Wildman–Crippen MR) is 145 cm³/mol. The topological polar surface area (TPSA) is 71.4 Å². The van der Waals surface area contributed by atoms with Gasteiger partial charge in [-0.25, -0.2) is 0 Å². The van der Waals surface area contributed by atoms with Crippen molar-refractivity contribution in [2.75, 3.05) is 19.0 Å². The number of hydrogen-bond donors (Lipinski definition) is 2. The number of aromatic nitrogens is 2. The van der Waals surface area contributed by atoms with E-state index in [-0.39, 0.29) is 18.0 Å². The van der Waals surface area contributed by atoms with Crippen molar-refractivity contribution in [2.24, 2.45) is 0 Å². The van der Waals surface area contributed by atoms with E-state index in [0.29, 0.717) is 35.6 Å². The minimum absolute atomic E-state index is 0.0524. The maximum atomic E-state index is 12.9. The SMILES string of the molecule is COc1ccccc1NC(=O)CCN1C(=S)N[C@@H](c2ccccn2)[C@H]1c1cccn1C1CCCCC1. The maximum absolute atomic E-state index is 12.9. The largest absolute Gasteiger partial charge is 0.495 e. The number of ether oxygens (including phenoxy) is 1. The van der Waals surface area contributed by atoms with Gasteiger partial charge >= 0.3 is 0 Å². The number of amides is 1. The third-order valence-corrected chi connectivity index (χ3v) is 7.59. The molecule has 5 rings (SSSR count). The Balaban J connectivity index is 1.39. The van der Waals surface area contributed by atoms with Gasteiger partial charge in [-0.1, -0.05) is 37.5 Å². The van der Waals surface area contributed by atoms with Crippen LogP contribution in [0.5, 0.6) is 5.75 Å². The van der Waals surface area contributed by atoms with Crippen LogP contribution in [0.25, 0.3) is 0 Å². The lowest BCUT2D eigenvalue weighted by Gasteiger charge is -2.32. The van der Waals surface area contributed by atoms with Crippen molar-refractivity contribution in [1.29, 1.82) is 0 Å². The second kappa shape index (κ2) is 11.1. The van der Waals surface area contributed by atoms with Crippen LogP contribution in [0.2, 0.25) is 0 Å². The van der Waals surface area contributed by atoms with Crippen LogP contribution in [-0.4, -0.2) is 39.1 Å². The number of nitrogens with zero attached hydrogens (tertiary/aromatic N) is 3. The van der Waals surface area contributed by atoms with E-state index in [4.69, 9.17) is 17.0 Å². The molecule has 2 N–H and O–H groups in total. The molecule has 2 atom stereocenters. The van der Waals surface area contributed by atoms with Gasteiger partial charge < -0.3 is 24.8 Å². The van der Waals surface area contributed by atoms with Crippen molar-refractivity contribution in [2.45, 2.75) is 56.7 Å². The summed E-state index contributed by atoms with van der Waals surface area (Å²) < 4.78 is 7.82. The minimum Gasteiger partial charge on any atom is -0.495 e. The normalized spacial score (nSPS) is 20.2. The molecule has 8 heteroatoms. The molecule has 7 nitrogen and oxygen atoms in total. The number of thiocarbonyl (C=S) groups is 1. The Morgan fingerprint density at radius 3 is 2.69 bits per heavy atom.